The van der Waals surface area contributed by atoms with Gasteiger partial charge in [-0.25, -0.2) is 4.79 Å². The molecule has 0 spiro atoms. The maximum absolute atomic E-state index is 12.6. The molecule has 3 aromatic rings. The monoisotopic (exact) mass is 373 g/mol. The first-order valence-electron chi connectivity index (χ1n) is 8.78. The van der Waals surface area contributed by atoms with E-state index in [-0.39, 0.29) is 5.84 Å². The van der Waals surface area contributed by atoms with E-state index in [4.69, 9.17) is 21.6 Å². The number of nitrogen functional groups attached to an aromatic ring is 2. The lowest BCUT2D eigenvalue weighted by atomic mass is 10.1. The first-order chi connectivity index (χ1) is 13.5. The van der Waals surface area contributed by atoms with Crippen LogP contribution in [0.4, 0.5) is 11.4 Å². The Hall–Kier alpha value is -3.87. The van der Waals surface area contributed by atoms with Gasteiger partial charge in [-0.15, -0.1) is 0 Å². The molecule has 0 radical (unpaired) electrons. The molecule has 140 valence electrons. The largest absolute Gasteiger partial charge is 0.423 e. The number of carbonyl (C=O) groups is 1. The average molecular weight is 373 g/mol. The summed E-state index contributed by atoms with van der Waals surface area (Å²) in [4.78, 5) is 18.7. The van der Waals surface area contributed by atoms with Crippen LogP contribution in [0.5, 0.6) is 5.75 Å². The Kier molecular flexibility index (Phi) is 4.41. The van der Waals surface area contributed by atoms with Crippen molar-refractivity contribution in [1.29, 1.82) is 5.41 Å². The Bertz CT molecular complexity index is 1120. The number of ether oxygens (including phenoxy) is 1. The third-order valence-corrected chi connectivity index (χ3v) is 4.61. The molecular formula is C21H19N5O2. The van der Waals surface area contributed by atoms with Gasteiger partial charge in [-0.3, -0.25) is 10.4 Å². The smallest absolute Gasteiger partial charge is 0.345 e. The minimum atomic E-state index is -0.515. The SMILES string of the molecule is N=C(N)c1ccc2cc(OC(=O)c3ccc(N4C=NCC4)cc3N)ccc2c1. The Morgan fingerprint density at radius 2 is 1.86 bits per heavy atom. The molecule has 0 aliphatic carbocycles. The van der Waals surface area contributed by atoms with Gasteiger partial charge < -0.3 is 21.1 Å². The van der Waals surface area contributed by atoms with Gasteiger partial charge in [0.25, 0.3) is 0 Å². The molecule has 0 aromatic heterocycles. The second-order valence-electron chi connectivity index (χ2n) is 6.51. The van der Waals surface area contributed by atoms with Gasteiger partial charge in [-0.1, -0.05) is 18.2 Å². The molecule has 5 N–H and O–H groups in total. The molecule has 0 fully saturated rings. The van der Waals surface area contributed by atoms with Crippen LogP contribution >= 0.6 is 0 Å². The summed E-state index contributed by atoms with van der Waals surface area (Å²) in [5.74, 6) is -0.0846. The summed E-state index contributed by atoms with van der Waals surface area (Å²) >= 11 is 0. The van der Waals surface area contributed by atoms with Crippen molar-refractivity contribution in [2.45, 2.75) is 0 Å². The number of nitrogens with zero attached hydrogens (tertiary/aromatic N) is 2. The first kappa shape index (κ1) is 17.5. The van der Waals surface area contributed by atoms with Crippen molar-refractivity contribution >= 4 is 40.3 Å². The summed E-state index contributed by atoms with van der Waals surface area (Å²) < 4.78 is 5.51. The Balaban J connectivity index is 1.55. The maximum atomic E-state index is 12.6. The summed E-state index contributed by atoms with van der Waals surface area (Å²) in [7, 11) is 0. The number of hydrogen-bond donors (Lipinski definition) is 3. The normalized spacial score (nSPS) is 13.1. The number of carbonyl (C=O) groups excluding carboxylic acids is 1. The van der Waals surface area contributed by atoms with Crippen LogP contribution in [0.25, 0.3) is 10.8 Å². The molecule has 0 saturated heterocycles. The molecule has 4 rings (SSSR count). The van der Waals surface area contributed by atoms with Gasteiger partial charge >= 0.3 is 5.97 Å². The Morgan fingerprint density at radius 3 is 2.57 bits per heavy atom. The van der Waals surface area contributed by atoms with Crippen LogP contribution in [-0.2, 0) is 0 Å². The standard InChI is InChI=1S/C21H19N5O2/c22-19-11-16(26-8-7-25-12-26)4-6-18(19)21(27)28-17-5-3-13-9-15(20(23)24)2-1-14(13)10-17/h1-6,9-12H,7-8,22H2,(H3,23,24). The Morgan fingerprint density at radius 1 is 1.07 bits per heavy atom. The van der Waals surface area contributed by atoms with Crippen LogP contribution in [0.1, 0.15) is 15.9 Å². The number of aliphatic imine (C=N–C) groups is 1. The summed E-state index contributed by atoms with van der Waals surface area (Å²) in [5, 5.41) is 9.30. The fourth-order valence-corrected chi connectivity index (χ4v) is 3.11. The predicted octanol–water partition coefficient (Wildman–Crippen LogP) is 2.77. The third-order valence-electron chi connectivity index (χ3n) is 4.61. The number of rotatable bonds is 4. The number of fused-ring (bicyclic) bond motifs is 1. The number of amidine groups is 1. The fourth-order valence-electron chi connectivity index (χ4n) is 3.11. The van der Waals surface area contributed by atoms with Crippen LogP contribution < -0.4 is 21.1 Å². The summed E-state index contributed by atoms with van der Waals surface area (Å²) in [6.45, 7) is 1.55. The van der Waals surface area contributed by atoms with Gasteiger partial charge in [-0.05, 0) is 47.2 Å². The van der Waals surface area contributed by atoms with Gasteiger partial charge in [0.2, 0.25) is 0 Å². The molecule has 1 aliphatic rings. The Labute approximate surface area is 161 Å². The van der Waals surface area contributed by atoms with Crippen molar-refractivity contribution in [2.24, 2.45) is 10.7 Å². The molecule has 0 amide bonds. The van der Waals surface area contributed by atoms with Crippen molar-refractivity contribution in [2.75, 3.05) is 23.7 Å². The van der Waals surface area contributed by atoms with E-state index in [0.717, 1.165) is 29.5 Å². The molecule has 1 aliphatic heterocycles. The maximum Gasteiger partial charge on any atom is 0.345 e. The highest BCUT2D eigenvalue weighted by molar-refractivity contribution is 6.00. The molecule has 7 heteroatoms. The number of esters is 1. The molecule has 28 heavy (non-hydrogen) atoms. The van der Waals surface area contributed by atoms with Crippen molar-refractivity contribution in [1.82, 2.24) is 0 Å². The number of hydrogen-bond acceptors (Lipinski definition) is 6. The molecule has 7 nitrogen and oxygen atoms in total. The van der Waals surface area contributed by atoms with Crippen molar-refractivity contribution in [3.8, 4) is 5.75 Å². The van der Waals surface area contributed by atoms with Crippen LogP contribution in [0.15, 0.2) is 59.6 Å². The van der Waals surface area contributed by atoms with E-state index in [9.17, 15) is 4.79 Å². The van der Waals surface area contributed by atoms with Gasteiger partial charge in [0.15, 0.2) is 0 Å². The lowest BCUT2D eigenvalue weighted by molar-refractivity contribution is 0.0736. The first-order valence-corrected chi connectivity index (χ1v) is 8.78. The minimum Gasteiger partial charge on any atom is -0.423 e. The van der Waals surface area contributed by atoms with Crippen LogP contribution in [0.2, 0.25) is 0 Å². The summed E-state index contributed by atoms with van der Waals surface area (Å²) in [6.07, 6.45) is 1.76. The highest BCUT2D eigenvalue weighted by Gasteiger charge is 2.16. The van der Waals surface area contributed by atoms with Gasteiger partial charge in [0, 0.05) is 23.5 Å². The molecular weight excluding hydrogens is 354 g/mol. The van der Waals surface area contributed by atoms with Crippen molar-refractivity contribution in [3.63, 3.8) is 0 Å². The highest BCUT2D eigenvalue weighted by atomic mass is 16.5. The summed E-state index contributed by atoms with van der Waals surface area (Å²) in [5.41, 5.74) is 13.8. The molecule has 0 saturated carbocycles. The number of nitrogens with one attached hydrogen (secondary N) is 1. The van der Waals surface area contributed by atoms with E-state index in [1.54, 1.807) is 36.7 Å². The number of nitrogens with two attached hydrogens (primary N) is 2. The fraction of sp³-hybridized carbons (Fsp3) is 0.0952. The van der Waals surface area contributed by atoms with Crippen LogP contribution in [0, 0.1) is 5.41 Å². The second-order valence-corrected chi connectivity index (χ2v) is 6.51. The van der Waals surface area contributed by atoms with E-state index in [1.165, 1.54) is 0 Å². The lowest BCUT2D eigenvalue weighted by Crippen LogP contribution is -2.19. The lowest BCUT2D eigenvalue weighted by Gasteiger charge is -2.15. The zero-order valence-corrected chi connectivity index (χ0v) is 15.1. The van der Waals surface area contributed by atoms with Gasteiger partial charge in [0.05, 0.1) is 18.4 Å². The highest BCUT2D eigenvalue weighted by Crippen LogP contribution is 2.26. The van der Waals surface area contributed by atoms with Crippen molar-refractivity contribution < 1.29 is 9.53 Å². The third kappa shape index (κ3) is 3.37. The van der Waals surface area contributed by atoms with E-state index in [0.29, 0.717) is 22.6 Å². The zero-order valence-electron chi connectivity index (χ0n) is 15.1. The van der Waals surface area contributed by atoms with Gasteiger partial charge in [0.1, 0.15) is 11.6 Å². The molecule has 0 atom stereocenters. The molecule has 1 heterocycles. The van der Waals surface area contributed by atoms with E-state index < -0.39 is 5.97 Å². The minimum absolute atomic E-state index is 0.0107. The van der Waals surface area contributed by atoms with Gasteiger partial charge in [-0.2, -0.15) is 0 Å². The predicted molar refractivity (Wildman–Crippen MR) is 111 cm³/mol. The zero-order chi connectivity index (χ0) is 19.7. The number of anilines is 2. The van der Waals surface area contributed by atoms with Crippen LogP contribution in [-0.4, -0.2) is 31.2 Å². The molecule has 0 bridgehead atoms. The van der Waals surface area contributed by atoms with E-state index in [1.807, 2.05) is 29.2 Å². The molecule has 3 aromatic carbocycles. The second kappa shape index (κ2) is 7.03. The van der Waals surface area contributed by atoms with E-state index >= 15 is 0 Å². The quantitative estimate of drug-likeness (QED) is 0.214. The van der Waals surface area contributed by atoms with Crippen molar-refractivity contribution in [3.05, 3.63) is 65.7 Å². The van der Waals surface area contributed by atoms with Crippen LogP contribution in [0.3, 0.4) is 0 Å². The summed E-state index contributed by atoms with van der Waals surface area (Å²) in [6, 6.07) is 16.0. The van der Waals surface area contributed by atoms with E-state index in [2.05, 4.69) is 4.99 Å². The number of benzene rings is 3. The average Bonchev–Trinajstić information content (AvgIpc) is 3.22. The topological polar surface area (TPSA) is 118 Å². The molecule has 0 unspecified atom stereocenters.